The van der Waals surface area contributed by atoms with Crippen LogP contribution in [0.2, 0.25) is 0 Å². The minimum atomic E-state index is 0.430. The average Bonchev–Trinajstić information content (AvgIpc) is 3.14. The number of furan rings is 1. The van der Waals surface area contributed by atoms with Crippen LogP contribution in [-0.4, -0.2) is 48.1 Å². The second kappa shape index (κ2) is 6.07. The van der Waals surface area contributed by atoms with Crippen molar-refractivity contribution in [2.75, 3.05) is 26.2 Å². The van der Waals surface area contributed by atoms with Crippen LogP contribution in [0.25, 0.3) is 0 Å². The molecule has 106 valence electrons. The van der Waals surface area contributed by atoms with Gasteiger partial charge in [0.2, 0.25) is 0 Å². The molecule has 2 fully saturated rings. The monoisotopic (exact) mass is 263 g/mol. The summed E-state index contributed by atoms with van der Waals surface area (Å²) >= 11 is 0. The Bertz CT molecular complexity index is 367. The van der Waals surface area contributed by atoms with Crippen LogP contribution >= 0.6 is 0 Å². The van der Waals surface area contributed by atoms with Crippen LogP contribution in [0.15, 0.2) is 22.8 Å². The molecular formula is C15H25N3O. The van der Waals surface area contributed by atoms with Gasteiger partial charge in [0.05, 0.1) is 12.8 Å². The zero-order chi connectivity index (χ0) is 13.1. The summed E-state index contributed by atoms with van der Waals surface area (Å²) in [4.78, 5) is 5.13. The minimum Gasteiger partial charge on any atom is -0.468 e. The Balaban J connectivity index is 1.46. The van der Waals surface area contributed by atoms with Crippen LogP contribution in [0, 0.1) is 0 Å². The zero-order valence-electron chi connectivity index (χ0n) is 11.6. The normalized spacial score (nSPS) is 22.2. The summed E-state index contributed by atoms with van der Waals surface area (Å²) < 4.78 is 5.48. The maximum atomic E-state index is 5.95. The lowest BCUT2D eigenvalue weighted by Crippen LogP contribution is -2.43. The van der Waals surface area contributed by atoms with Crippen LogP contribution in [0.5, 0.6) is 0 Å². The number of hydrogen-bond acceptors (Lipinski definition) is 4. The van der Waals surface area contributed by atoms with Crippen molar-refractivity contribution in [2.24, 2.45) is 5.73 Å². The van der Waals surface area contributed by atoms with E-state index in [9.17, 15) is 0 Å². The second-order valence-electron chi connectivity index (χ2n) is 5.96. The molecule has 0 unspecified atom stereocenters. The van der Waals surface area contributed by atoms with Crippen molar-refractivity contribution >= 4 is 0 Å². The third kappa shape index (κ3) is 3.81. The molecule has 19 heavy (non-hydrogen) atoms. The molecule has 2 aliphatic rings. The Morgan fingerprint density at radius 3 is 2.68 bits per heavy atom. The molecule has 1 saturated carbocycles. The van der Waals surface area contributed by atoms with Crippen LogP contribution in [0.4, 0.5) is 0 Å². The van der Waals surface area contributed by atoms with E-state index in [4.69, 9.17) is 10.2 Å². The number of nitrogens with zero attached hydrogens (tertiary/aromatic N) is 2. The van der Waals surface area contributed by atoms with Crippen molar-refractivity contribution in [3.63, 3.8) is 0 Å². The van der Waals surface area contributed by atoms with Gasteiger partial charge in [-0.15, -0.1) is 0 Å². The van der Waals surface area contributed by atoms with E-state index >= 15 is 0 Å². The third-order valence-corrected chi connectivity index (χ3v) is 4.34. The largest absolute Gasteiger partial charge is 0.468 e. The molecule has 4 nitrogen and oxygen atoms in total. The highest BCUT2D eigenvalue weighted by Crippen LogP contribution is 2.28. The fraction of sp³-hybridized carbons (Fsp3) is 0.733. The van der Waals surface area contributed by atoms with Gasteiger partial charge in [0.25, 0.3) is 0 Å². The molecule has 1 aromatic heterocycles. The molecule has 1 aliphatic heterocycles. The maximum Gasteiger partial charge on any atom is 0.117 e. The van der Waals surface area contributed by atoms with Crippen molar-refractivity contribution in [1.29, 1.82) is 0 Å². The molecule has 1 aliphatic carbocycles. The molecule has 2 heterocycles. The topological polar surface area (TPSA) is 45.6 Å². The van der Waals surface area contributed by atoms with Crippen molar-refractivity contribution in [3.8, 4) is 0 Å². The van der Waals surface area contributed by atoms with Crippen molar-refractivity contribution in [1.82, 2.24) is 9.80 Å². The smallest absolute Gasteiger partial charge is 0.117 e. The van der Waals surface area contributed by atoms with Gasteiger partial charge in [-0.3, -0.25) is 4.90 Å². The first-order valence-electron chi connectivity index (χ1n) is 7.55. The van der Waals surface area contributed by atoms with Gasteiger partial charge in [-0.1, -0.05) is 0 Å². The van der Waals surface area contributed by atoms with E-state index in [1.807, 2.05) is 6.07 Å². The predicted octanol–water partition coefficient (Wildman–Crippen LogP) is 1.67. The van der Waals surface area contributed by atoms with Gasteiger partial charge in [0.15, 0.2) is 0 Å². The van der Waals surface area contributed by atoms with E-state index in [0.717, 1.165) is 37.7 Å². The molecule has 0 amide bonds. The first-order chi connectivity index (χ1) is 9.31. The van der Waals surface area contributed by atoms with Crippen molar-refractivity contribution in [3.05, 3.63) is 24.2 Å². The Labute approximate surface area is 115 Å². The summed E-state index contributed by atoms with van der Waals surface area (Å²) in [5, 5.41) is 0. The molecule has 0 atom stereocenters. The van der Waals surface area contributed by atoms with E-state index in [2.05, 4.69) is 15.9 Å². The summed E-state index contributed by atoms with van der Waals surface area (Å²) in [5.74, 6) is 1.09. The van der Waals surface area contributed by atoms with Gasteiger partial charge < -0.3 is 15.1 Å². The SMILES string of the molecule is NC1CCN(CCN(Cc2ccco2)C2CC2)CC1. The third-order valence-electron chi connectivity index (χ3n) is 4.34. The molecule has 0 aromatic carbocycles. The number of likely N-dealkylation sites (tertiary alicyclic amines) is 1. The number of hydrogen-bond donors (Lipinski definition) is 1. The predicted molar refractivity (Wildman–Crippen MR) is 75.8 cm³/mol. The average molecular weight is 263 g/mol. The van der Waals surface area contributed by atoms with E-state index in [1.54, 1.807) is 6.26 Å². The van der Waals surface area contributed by atoms with Crippen molar-refractivity contribution < 1.29 is 4.42 Å². The molecular weight excluding hydrogens is 238 g/mol. The summed E-state index contributed by atoms with van der Waals surface area (Å²) in [6.45, 7) is 5.62. The molecule has 2 N–H and O–H groups in total. The molecule has 0 radical (unpaired) electrons. The van der Waals surface area contributed by atoms with Crippen LogP contribution in [0.3, 0.4) is 0 Å². The zero-order valence-corrected chi connectivity index (χ0v) is 11.6. The molecule has 0 spiro atoms. The number of rotatable bonds is 6. The van der Waals surface area contributed by atoms with E-state index in [1.165, 1.54) is 32.5 Å². The van der Waals surface area contributed by atoms with Gasteiger partial charge >= 0.3 is 0 Å². The fourth-order valence-corrected chi connectivity index (χ4v) is 2.88. The lowest BCUT2D eigenvalue weighted by atomic mass is 10.1. The fourth-order valence-electron chi connectivity index (χ4n) is 2.88. The second-order valence-corrected chi connectivity index (χ2v) is 5.96. The standard InChI is InChI=1S/C15H25N3O/c16-13-5-7-17(8-6-13)9-10-18(14-3-4-14)12-15-2-1-11-19-15/h1-2,11,13-14H,3-10,12,16H2. The summed E-state index contributed by atoms with van der Waals surface area (Å²) in [6.07, 6.45) is 6.78. The van der Waals surface area contributed by atoms with Crippen LogP contribution in [0.1, 0.15) is 31.4 Å². The molecule has 4 heteroatoms. The van der Waals surface area contributed by atoms with Crippen molar-refractivity contribution in [2.45, 2.75) is 44.3 Å². The van der Waals surface area contributed by atoms with E-state index in [0.29, 0.717) is 6.04 Å². The molecule has 1 saturated heterocycles. The maximum absolute atomic E-state index is 5.95. The first-order valence-corrected chi connectivity index (χ1v) is 7.55. The van der Waals surface area contributed by atoms with E-state index in [-0.39, 0.29) is 0 Å². The lowest BCUT2D eigenvalue weighted by molar-refractivity contribution is 0.160. The van der Waals surface area contributed by atoms with Gasteiger partial charge in [-0.25, -0.2) is 0 Å². The van der Waals surface area contributed by atoms with Gasteiger partial charge in [-0.2, -0.15) is 0 Å². The van der Waals surface area contributed by atoms with Crippen LogP contribution in [-0.2, 0) is 6.54 Å². The highest BCUT2D eigenvalue weighted by Gasteiger charge is 2.29. The summed E-state index contributed by atoms with van der Waals surface area (Å²) in [6, 6.07) is 5.28. The highest BCUT2D eigenvalue weighted by molar-refractivity contribution is 4.99. The highest BCUT2D eigenvalue weighted by atomic mass is 16.3. The first kappa shape index (κ1) is 13.2. The van der Waals surface area contributed by atoms with Gasteiger partial charge in [-0.05, 0) is 50.9 Å². The quantitative estimate of drug-likeness (QED) is 0.848. The summed E-state index contributed by atoms with van der Waals surface area (Å²) in [7, 11) is 0. The number of piperidine rings is 1. The van der Waals surface area contributed by atoms with Gasteiger partial charge in [0, 0.05) is 25.2 Å². The Kier molecular flexibility index (Phi) is 4.21. The minimum absolute atomic E-state index is 0.430. The Morgan fingerprint density at radius 2 is 2.05 bits per heavy atom. The van der Waals surface area contributed by atoms with Gasteiger partial charge in [0.1, 0.15) is 5.76 Å². The molecule has 1 aromatic rings. The number of nitrogens with two attached hydrogens (primary N) is 1. The lowest BCUT2D eigenvalue weighted by Gasteiger charge is -2.32. The Hall–Kier alpha value is -0.840. The summed E-state index contributed by atoms with van der Waals surface area (Å²) in [5.41, 5.74) is 5.95. The Morgan fingerprint density at radius 1 is 1.26 bits per heavy atom. The molecule has 0 bridgehead atoms. The van der Waals surface area contributed by atoms with Crippen LogP contribution < -0.4 is 5.73 Å². The van der Waals surface area contributed by atoms with E-state index < -0.39 is 0 Å². The molecule has 3 rings (SSSR count).